The Kier molecular flexibility index (Phi) is 5.36. The molecule has 1 fully saturated rings. The first-order chi connectivity index (χ1) is 7.27. The summed E-state index contributed by atoms with van der Waals surface area (Å²) in [7, 11) is 0. The van der Waals surface area contributed by atoms with Crippen molar-refractivity contribution in [2.75, 3.05) is 39.3 Å². The van der Waals surface area contributed by atoms with E-state index in [1.807, 2.05) is 4.90 Å². The van der Waals surface area contributed by atoms with Crippen molar-refractivity contribution >= 4 is 5.91 Å². The molecule has 1 amide bonds. The van der Waals surface area contributed by atoms with Gasteiger partial charge in [0.05, 0.1) is 6.61 Å². The van der Waals surface area contributed by atoms with Crippen LogP contribution in [-0.4, -0.2) is 60.1 Å². The molecule has 0 atom stereocenters. The maximum atomic E-state index is 11.6. The Labute approximate surface area is 91.2 Å². The zero-order valence-electron chi connectivity index (χ0n) is 9.19. The molecule has 1 rings (SSSR count). The second kappa shape index (κ2) is 6.58. The van der Waals surface area contributed by atoms with Gasteiger partial charge < -0.3 is 10.0 Å². The van der Waals surface area contributed by atoms with E-state index in [-0.39, 0.29) is 12.5 Å². The molecule has 1 aliphatic rings. The molecule has 1 aliphatic heterocycles. The van der Waals surface area contributed by atoms with Crippen LogP contribution in [0.25, 0.3) is 0 Å². The third kappa shape index (κ3) is 4.01. The van der Waals surface area contributed by atoms with Gasteiger partial charge in [0.25, 0.3) is 0 Å². The number of aliphatic hydroxyl groups excluding tert-OH is 1. The fraction of sp³-hybridized carbons (Fsp3) is 0.727. The van der Waals surface area contributed by atoms with Gasteiger partial charge in [-0.2, -0.15) is 0 Å². The van der Waals surface area contributed by atoms with Crippen molar-refractivity contribution < 1.29 is 9.90 Å². The van der Waals surface area contributed by atoms with Gasteiger partial charge >= 0.3 is 0 Å². The molecule has 4 heteroatoms. The number of aliphatic hydroxyl groups is 1. The van der Waals surface area contributed by atoms with E-state index >= 15 is 0 Å². The van der Waals surface area contributed by atoms with Gasteiger partial charge in [0.1, 0.15) is 0 Å². The van der Waals surface area contributed by atoms with Gasteiger partial charge in [-0.3, -0.25) is 9.69 Å². The highest BCUT2D eigenvalue weighted by atomic mass is 16.3. The Bertz CT molecular complexity index is 211. The minimum atomic E-state index is 0.199. The van der Waals surface area contributed by atoms with Crippen LogP contribution in [0.4, 0.5) is 0 Å². The molecule has 1 heterocycles. The Morgan fingerprint density at radius 1 is 1.33 bits per heavy atom. The van der Waals surface area contributed by atoms with Gasteiger partial charge in [-0.15, -0.1) is 6.58 Å². The van der Waals surface area contributed by atoms with E-state index in [4.69, 9.17) is 5.11 Å². The van der Waals surface area contributed by atoms with Crippen LogP contribution in [0.2, 0.25) is 0 Å². The summed E-state index contributed by atoms with van der Waals surface area (Å²) in [6.07, 6.45) is 3.11. The summed E-state index contributed by atoms with van der Waals surface area (Å²) >= 11 is 0. The minimum absolute atomic E-state index is 0.199. The van der Waals surface area contributed by atoms with Crippen molar-refractivity contribution in [1.82, 2.24) is 9.80 Å². The summed E-state index contributed by atoms with van der Waals surface area (Å²) in [5.41, 5.74) is 0. The lowest BCUT2D eigenvalue weighted by Gasteiger charge is -2.34. The summed E-state index contributed by atoms with van der Waals surface area (Å²) in [5, 5.41) is 8.78. The quantitative estimate of drug-likeness (QED) is 0.657. The lowest BCUT2D eigenvalue weighted by molar-refractivity contribution is -0.132. The Hall–Kier alpha value is -0.870. The molecule has 86 valence electrons. The number of piperazine rings is 1. The van der Waals surface area contributed by atoms with Crippen molar-refractivity contribution in [2.45, 2.75) is 12.8 Å². The zero-order valence-corrected chi connectivity index (χ0v) is 9.19. The lowest BCUT2D eigenvalue weighted by Crippen LogP contribution is -2.49. The molecule has 0 spiro atoms. The fourth-order valence-corrected chi connectivity index (χ4v) is 1.75. The molecule has 0 aromatic carbocycles. The van der Waals surface area contributed by atoms with Gasteiger partial charge in [-0.05, 0) is 6.42 Å². The largest absolute Gasteiger partial charge is 0.395 e. The van der Waals surface area contributed by atoms with Crippen molar-refractivity contribution in [3.05, 3.63) is 12.7 Å². The minimum Gasteiger partial charge on any atom is -0.395 e. The average molecular weight is 212 g/mol. The highest BCUT2D eigenvalue weighted by molar-refractivity contribution is 5.76. The first-order valence-corrected chi connectivity index (χ1v) is 5.50. The molecule has 15 heavy (non-hydrogen) atoms. The summed E-state index contributed by atoms with van der Waals surface area (Å²) < 4.78 is 0. The van der Waals surface area contributed by atoms with Crippen LogP contribution in [0.5, 0.6) is 0 Å². The smallest absolute Gasteiger partial charge is 0.222 e. The van der Waals surface area contributed by atoms with E-state index in [0.717, 1.165) is 32.6 Å². The number of carbonyl (C=O) groups is 1. The highest BCUT2D eigenvalue weighted by Crippen LogP contribution is 2.04. The molecule has 1 N–H and O–H groups in total. The number of β-amino-alcohol motifs (C(OH)–C–C–N with tert-alkyl or cyclic N) is 1. The monoisotopic (exact) mass is 212 g/mol. The third-order valence-electron chi connectivity index (χ3n) is 2.70. The molecule has 0 unspecified atom stereocenters. The SMILES string of the molecule is C=CCCC(=O)N1CCN(CCO)CC1. The van der Waals surface area contributed by atoms with Crippen LogP contribution in [0, 0.1) is 0 Å². The number of amides is 1. The summed E-state index contributed by atoms with van der Waals surface area (Å²) in [4.78, 5) is 15.7. The fourth-order valence-electron chi connectivity index (χ4n) is 1.75. The maximum absolute atomic E-state index is 11.6. The molecular formula is C11H20N2O2. The molecular weight excluding hydrogens is 192 g/mol. The first kappa shape index (κ1) is 12.2. The number of carbonyl (C=O) groups excluding carboxylic acids is 1. The Morgan fingerprint density at radius 3 is 2.53 bits per heavy atom. The van der Waals surface area contributed by atoms with Crippen LogP contribution < -0.4 is 0 Å². The standard InChI is InChI=1S/C11H20N2O2/c1-2-3-4-11(15)13-7-5-12(6-8-13)9-10-14/h2,14H,1,3-10H2. The normalized spacial score (nSPS) is 17.8. The number of hydrogen-bond acceptors (Lipinski definition) is 3. The molecule has 4 nitrogen and oxygen atoms in total. The van der Waals surface area contributed by atoms with Crippen LogP contribution in [0.15, 0.2) is 12.7 Å². The molecule has 0 aromatic heterocycles. The van der Waals surface area contributed by atoms with Crippen molar-refractivity contribution in [3.8, 4) is 0 Å². The van der Waals surface area contributed by atoms with Crippen molar-refractivity contribution in [3.63, 3.8) is 0 Å². The van der Waals surface area contributed by atoms with Crippen LogP contribution in [0.1, 0.15) is 12.8 Å². The van der Waals surface area contributed by atoms with E-state index in [1.54, 1.807) is 6.08 Å². The molecule has 0 aliphatic carbocycles. The Balaban J connectivity index is 2.24. The number of hydrogen-bond donors (Lipinski definition) is 1. The second-order valence-corrected chi connectivity index (χ2v) is 3.77. The maximum Gasteiger partial charge on any atom is 0.222 e. The van der Waals surface area contributed by atoms with Crippen LogP contribution in [-0.2, 0) is 4.79 Å². The predicted octanol–water partition coefficient (Wildman–Crippen LogP) is 0.0891. The zero-order chi connectivity index (χ0) is 11.1. The molecule has 0 aromatic rings. The van der Waals surface area contributed by atoms with Gasteiger partial charge in [0.15, 0.2) is 0 Å². The molecule has 0 saturated carbocycles. The predicted molar refractivity (Wildman–Crippen MR) is 59.5 cm³/mol. The third-order valence-corrected chi connectivity index (χ3v) is 2.70. The van der Waals surface area contributed by atoms with E-state index in [9.17, 15) is 4.79 Å². The van der Waals surface area contributed by atoms with E-state index < -0.39 is 0 Å². The van der Waals surface area contributed by atoms with E-state index in [0.29, 0.717) is 13.0 Å². The van der Waals surface area contributed by atoms with Crippen molar-refractivity contribution in [2.24, 2.45) is 0 Å². The molecule has 0 radical (unpaired) electrons. The van der Waals surface area contributed by atoms with Crippen LogP contribution in [0.3, 0.4) is 0 Å². The topological polar surface area (TPSA) is 43.8 Å². The van der Waals surface area contributed by atoms with Gasteiger partial charge in [-0.25, -0.2) is 0 Å². The summed E-state index contributed by atoms with van der Waals surface area (Å²) in [5.74, 6) is 0.221. The van der Waals surface area contributed by atoms with Gasteiger partial charge in [-0.1, -0.05) is 6.08 Å². The molecule has 0 bridgehead atoms. The summed E-state index contributed by atoms with van der Waals surface area (Å²) in [6.45, 7) is 7.85. The van der Waals surface area contributed by atoms with Gasteiger partial charge in [0, 0.05) is 39.1 Å². The highest BCUT2D eigenvalue weighted by Gasteiger charge is 2.19. The van der Waals surface area contributed by atoms with E-state index in [1.165, 1.54) is 0 Å². The van der Waals surface area contributed by atoms with Gasteiger partial charge in [0.2, 0.25) is 5.91 Å². The number of allylic oxidation sites excluding steroid dienone is 1. The second-order valence-electron chi connectivity index (χ2n) is 3.77. The van der Waals surface area contributed by atoms with Crippen molar-refractivity contribution in [1.29, 1.82) is 0 Å². The summed E-state index contributed by atoms with van der Waals surface area (Å²) in [6, 6.07) is 0. The van der Waals surface area contributed by atoms with E-state index in [2.05, 4.69) is 11.5 Å². The Morgan fingerprint density at radius 2 is 2.00 bits per heavy atom. The lowest BCUT2D eigenvalue weighted by atomic mass is 10.2. The first-order valence-electron chi connectivity index (χ1n) is 5.50. The number of nitrogens with zero attached hydrogens (tertiary/aromatic N) is 2. The average Bonchev–Trinajstić information content (AvgIpc) is 2.27. The number of rotatable bonds is 5. The van der Waals surface area contributed by atoms with Crippen LogP contribution >= 0.6 is 0 Å². The molecule has 1 saturated heterocycles.